The summed E-state index contributed by atoms with van der Waals surface area (Å²) in [5.74, 6) is -0.779. The summed E-state index contributed by atoms with van der Waals surface area (Å²) in [6.07, 6.45) is 1.36. The Morgan fingerprint density at radius 2 is 1.81 bits per heavy atom. The van der Waals surface area contributed by atoms with Gasteiger partial charge in [0.15, 0.2) is 6.61 Å². The molecule has 0 aliphatic rings. The zero-order valence-corrected chi connectivity index (χ0v) is 21.1. The lowest BCUT2D eigenvalue weighted by Crippen LogP contribution is -2.39. The fourth-order valence-electron chi connectivity index (χ4n) is 3.00. The normalized spacial score (nSPS) is 11.2. The van der Waals surface area contributed by atoms with Gasteiger partial charge in [0.1, 0.15) is 12.3 Å². The molecule has 0 aliphatic heterocycles. The SMILES string of the molecule is COC(=O)COc1cccc(/C=N\NC(=O)CN(c2ccc(C)c(Cl)c2)S(=O)(=O)c2ccccc2)c1. The second-order valence-corrected chi connectivity index (χ2v) is 9.76. The van der Waals surface area contributed by atoms with Gasteiger partial charge in [-0.1, -0.05) is 48.0 Å². The predicted octanol–water partition coefficient (Wildman–Crippen LogP) is 3.55. The number of anilines is 1. The third kappa shape index (κ3) is 7.06. The minimum Gasteiger partial charge on any atom is -0.482 e. The van der Waals surface area contributed by atoms with Crippen LogP contribution in [0.3, 0.4) is 0 Å². The van der Waals surface area contributed by atoms with E-state index in [0.29, 0.717) is 16.3 Å². The largest absolute Gasteiger partial charge is 0.482 e. The van der Waals surface area contributed by atoms with Gasteiger partial charge in [-0.25, -0.2) is 18.6 Å². The van der Waals surface area contributed by atoms with Gasteiger partial charge in [0, 0.05) is 5.02 Å². The number of hydrazone groups is 1. The molecule has 0 radical (unpaired) electrons. The Labute approximate surface area is 214 Å². The monoisotopic (exact) mass is 529 g/mol. The average molecular weight is 530 g/mol. The summed E-state index contributed by atoms with van der Waals surface area (Å²) in [7, 11) is -2.81. The van der Waals surface area contributed by atoms with Gasteiger partial charge in [0.05, 0.1) is 23.9 Å². The summed E-state index contributed by atoms with van der Waals surface area (Å²) < 4.78 is 37.5. The molecule has 0 heterocycles. The Morgan fingerprint density at radius 3 is 2.50 bits per heavy atom. The molecule has 3 rings (SSSR count). The van der Waals surface area contributed by atoms with E-state index in [1.807, 2.05) is 0 Å². The number of nitrogens with zero attached hydrogens (tertiary/aromatic N) is 2. The fraction of sp³-hybridized carbons (Fsp3) is 0.160. The van der Waals surface area contributed by atoms with Crippen molar-refractivity contribution in [1.82, 2.24) is 5.43 Å². The summed E-state index contributed by atoms with van der Waals surface area (Å²) in [5.41, 5.74) is 3.92. The van der Waals surface area contributed by atoms with Crippen LogP contribution in [-0.4, -0.2) is 46.8 Å². The lowest BCUT2D eigenvalue weighted by molar-refractivity contribution is -0.142. The third-order valence-corrected chi connectivity index (χ3v) is 7.10. The molecule has 0 unspecified atom stereocenters. The topological polar surface area (TPSA) is 114 Å². The Kier molecular flexibility index (Phi) is 9.04. The molecule has 0 aromatic heterocycles. The minimum absolute atomic E-state index is 0.0294. The van der Waals surface area contributed by atoms with E-state index >= 15 is 0 Å². The number of ether oxygens (including phenoxy) is 2. The first-order valence-corrected chi connectivity index (χ1v) is 12.5. The van der Waals surface area contributed by atoms with E-state index in [9.17, 15) is 18.0 Å². The van der Waals surface area contributed by atoms with Gasteiger partial charge in [0.2, 0.25) is 0 Å². The Bertz CT molecular complexity index is 1360. The fourth-order valence-corrected chi connectivity index (χ4v) is 4.61. The van der Waals surface area contributed by atoms with Crippen LogP contribution in [0.5, 0.6) is 5.75 Å². The third-order valence-electron chi connectivity index (χ3n) is 4.91. The first kappa shape index (κ1) is 26.7. The summed E-state index contributed by atoms with van der Waals surface area (Å²) in [6, 6.07) is 19.2. The van der Waals surface area contributed by atoms with Crippen molar-refractivity contribution in [1.29, 1.82) is 0 Å². The zero-order chi connectivity index (χ0) is 26.1. The molecule has 0 spiro atoms. The first-order chi connectivity index (χ1) is 17.2. The van der Waals surface area contributed by atoms with Crippen molar-refractivity contribution >= 4 is 45.4 Å². The number of methoxy groups -OCH3 is 1. The van der Waals surface area contributed by atoms with Crippen molar-refractivity contribution in [3.05, 3.63) is 88.9 Å². The number of carbonyl (C=O) groups is 2. The van der Waals surface area contributed by atoms with Crippen molar-refractivity contribution < 1.29 is 27.5 Å². The van der Waals surface area contributed by atoms with Crippen molar-refractivity contribution in [3.8, 4) is 5.75 Å². The van der Waals surface area contributed by atoms with Gasteiger partial charge in [-0.15, -0.1) is 0 Å². The summed E-state index contributed by atoms with van der Waals surface area (Å²) in [5, 5.41) is 4.28. The van der Waals surface area contributed by atoms with E-state index in [1.165, 1.54) is 31.5 Å². The second-order valence-electron chi connectivity index (χ2n) is 7.49. The lowest BCUT2D eigenvalue weighted by atomic mass is 10.2. The molecular formula is C25H24ClN3O6S. The van der Waals surface area contributed by atoms with Crippen LogP contribution in [0, 0.1) is 6.92 Å². The van der Waals surface area contributed by atoms with Crippen LogP contribution >= 0.6 is 11.6 Å². The minimum atomic E-state index is -4.07. The summed E-state index contributed by atoms with van der Waals surface area (Å²) in [6.45, 7) is 1.01. The van der Waals surface area contributed by atoms with Crippen LogP contribution < -0.4 is 14.5 Å². The van der Waals surface area contributed by atoms with E-state index in [-0.39, 0.29) is 17.2 Å². The summed E-state index contributed by atoms with van der Waals surface area (Å²) >= 11 is 6.22. The molecule has 3 aromatic rings. The number of sulfonamides is 1. The van der Waals surface area contributed by atoms with E-state index in [1.54, 1.807) is 61.5 Å². The predicted molar refractivity (Wildman–Crippen MR) is 137 cm³/mol. The molecule has 36 heavy (non-hydrogen) atoms. The van der Waals surface area contributed by atoms with Crippen LogP contribution in [0.4, 0.5) is 5.69 Å². The molecule has 188 valence electrons. The average Bonchev–Trinajstić information content (AvgIpc) is 2.88. The molecule has 0 bridgehead atoms. The maximum absolute atomic E-state index is 13.3. The highest BCUT2D eigenvalue weighted by Gasteiger charge is 2.27. The van der Waals surface area contributed by atoms with Crippen molar-refractivity contribution in [2.75, 3.05) is 24.6 Å². The molecule has 9 nitrogen and oxygen atoms in total. The second kappa shape index (κ2) is 12.2. The number of rotatable bonds is 10. The highest BCUT2D eigenvalue weighted by atomic mass is 35.5. The van der Waals surface area contributed by atoms with Crippen molar-refractivity contribution in [2.24, 2.45) is 5.10 Å². The maximum Gasteiger partial charge on any atom is 0.343 e. The van der Waals surface area contributed by atoms with Gasteiger partial charge in [-0.05, 0) is 54.4 Å². The molecule has 0 fully saturated rings. The highest BCUT2D eigenvalue weighted by molar-refractivity contribution is 7.92. The van der Waals surface area contributed by atoms with Gasteiger partial charge in [-0.2, -0.15) is 5.10 Å². The lowest BCUT2D eigenvalue weighted by Gasteiger charge is -2.24. The molecule has 0 aliphatic carbocycles. The van der Waals surface area contributed by atoms with Gasteiger partial charge < -0.3 is 9.47 Å². The van der Waals surface area contributed by atoms with E-state index < -0.39 is 28.4 Å². The van der Waals surface area contributed by atoms with Gasteiger partial charge in [0.25, 0.3) is 15.9 Å². The van der Waals surface area contributed by atoms with Crippen molar-refractivity contribution in [3.63, 3.8) is 0 Å². The van der Waals surface area contributed by atoms with Crippen LogP contribution in [0.25, 0.3) is 0 Å². The first-order valence-electron chi connectivity index (χ1n) is 10.7. The van der Waals surface area contributed by atoms with E-state index in [2.05, 4.69) is 15.3 Å². The van der Waals surface area contributed by atoms with Gasteiger partial charge in [-0.3, -0.25) is 9.10 Å². The Morgan fingerprint density at radius 1 is 1.06 bits per heavy atom. The molecule has 1 N–H and O–H groups in total. The maximum atomic E-state index is 13.3. The number of amides is 1. The Hall–Kier alpha value is -3.89. The van der Waals surface area contributed by atoms with Crippen LogP contribution in [-0.2, 0) is 24.3 Å². The van der Waals surface area contributed by atoms with Crippen LogP contribution in [0.15, 0.2) is 82.8 Å². The van der Waals surface area contributed by atoms with Gasteiger partial charge >= 0.3 is 5.97 Å². The molecule has 1 amide bonds. The molecule has 0 atom stereocenters. The number of hydrogen-bond acceptors (Lipinski definition) is 7. The summed E-state index contributed by atoms with van der Waals surface area (Å²) in [4.78, 5) is 23.9. The Balaban J connectivity index is 1.76. The number of nitrogens with one attached hydrogen (secondary N) is 1. The number of aryl methyl sites for hydroxylation is 1. The number of halogens is 1. The van der Waals surface area contributed by atoms with E-state index in [4.69, 9.17) is 16.3 Å². The number of hydrogen-bond donors (Lipinski definition) is 1. The number of carbonyl (C=O) groups excluding carboxylic acids is 2. The van der Waals surface area contributed by atoms with Crippen LogP contribution in [0.1, 0.15) is 11.1 Å². The number of esters is 1. The highest BCUT2D eigenvalue weighted by Crippen LogP contribution is 2.27. The number of benzene rings is 3. The molecular weight excluding hydrogens is 506 g/mol. The smallest absolute Gasteiger partial charge is 0.343 e. The molecule has 0 saturated carbocycles. The molecule has 11 heteroatoms. The standard InChI is InChI=1S/C25H24ClN3O6S/c1-18-11-12-20(14-23(18)26)29(36(32,33)22-9-4-3-5-10-22)16-24(30)28-27-15-19-7-6-8-21(13-19)35-17-25(31)34-2/h3-15H,16-17H2,1-2H3,(H,28,30)/b27-15-. The molecule has 3 aromatic carbocycles. The van der Waals surface area contributed by atoms with E-state index in [0.717, 1.165) is 9.87 Å². The van der Waals surface area contributed by atoms with Crippen molar-refractivity contribution in [2.45, 2.75) is 11.8 Å². The zero-order valence-electron chi connectivity index (χ0n) is 19.5. The van der Waals surface area contributed by atoms with Crippen LogP contribution in [0.2, 0.25) is 5.02 Å². The molecule has 0 saturated heterocycles. The quantitative estimate of drug-likeness (QED) is 0.244.